The van der Waals surface area contributed by atoms with Crippen LogP contribution in [0.25, 0.3) is 0 Å². The van der Waals surface area contributed by atoms with Gasteiger partial charge in [0.2, 0.25) is 0 Å². The third-order valence-electron chi connectivity index (χ3n) is 4.47. The fourth-order valence-electron chi connectivity index (χ4n) is 2.64. The van der Waals surface area contributed by atoms with Crippen molar-refractivity contribution in [3.8, 4) is 0 Å². The minimum atomic E-state index is -0.688. The molecule has 0 aliphatic rings. The molecule has 0 aliphatic heterocycles. The third kappa shape index (κ3) is 6.57. The normalized spacial score (nSPS) is 12.5. The van der Waals surface area contributed by atoms with Gasteiger partial charge in [-0.15, -0.1) is 0 Å². The van der Waals surface area contributed by atoms with Gasteiger partial charge >= 0.3 is 5.97 Å². The van der Waals surface area contributed by atoms with E-state index in [-0.39, 0.29) is 11.2 Å². The van der Waals surface area contributed by atoms with Gasteiger partial charge in [-0.3, -0.25) is 4.79 Å². The molecule has 1 heterocycles. The summed E-state index contributed by atoms with van der Waals surface area (Å²) in [6.07, 6.45) is 2.45. The third-order valence-corrected chi connectivity index (χ3v) is 6.20. The van der Waals surface area contributed by atoms with E-state index in [9.17, 15) is 9.59 Å². The second-order valence-electron chi connectivity index (χ2n) is 7.78. The lowest BCUT2D eigenvalue weighted by Crippen LogP contribution is -2.41. The van der Waals surface area contributed by atoms with Crippen LogP contribution in [0, 0.1) is 6.92 Å². The van der Waals surface area contributed by atoms with Crippen LogP contribution in [-0.2, 0) is 14.9 Å². The Hall–Kier alpha value is -1.86. The number of furan rings is 1. The lowest BCUT2D eigenvalue weighted by Gasteiger charge is -2.20. The number of hydrogen-bond donors (Lipinski definition) is 1. The Morgan fingerprint density at radius 2 is 1.93 bits per heavy atom. The molecular weight excluding hydrogens is 406 g/mol. The molecule has 0 radical (unpaired) electrons. The lowest BCUT2D eigenvalue weighted by molar-refractivity contribution is -0.142. The van der Waals surface area contributed by atoms with Crippen LogP contribution in [0.2, 0.25) is 0 Å². The molecule has 0 aliphatic carbocycles. The molecule has 1 unspecified atom stereocenters. The molecule has 1 N–H and O–H groups in total. The number of carbonyl (C=O) groups is 2. The first-order valence-corrected chi connectivity index (χ1v) is 11.6. The maximum atomic E-state index is 12.5. The molecule has 0 saturated carbocycles. The summed E-state index contributed by atoms with van der Waals surface area (Å²) in [4.78, 5) is 25.5. The summed E-state index contributed by atoms with van der Waals surface area (Å²) in [5.41, 5.74) is 2.44. The highest BCUT2D eigenvalue weighted by Crippen LogP contribution is 2.34. The molecule has 5 nitrogen and oxygen atoms in total. The van der Waals surface area contributed by atoms with Crippen molar-refractivity contribution in [3.63, 3.8) is 0 Å². The monoisotopic (exact) mass is 435 g/mol. The van der Waals surface area contributed by atoms with Crippen molar-refractivity contribution in [2.75, 3.05) is 19.1 Å². The van der Waals surface area contributed by atoms with Crippen LogP contribution in [0.3, 0.4) is 0 Å². The number of benzene rings is 1. The minimum absolute atomic E-state index is 0.0525. The van der Waals surface area contributed by atoms with Gasteiger partial charge < -0.3 is 14.5 Å². The molecule has 29 heavy (non-hydrogen) atoms. The van der Waals surface area contributed by atoms with Gasteiger partial charge in [-0.1, -0.05) is 44.7 Å². The fraction of sp³-hybridized carbons (Fsp3) is 0.455. The van der Waals surface area contributed by atoms with Crippen molar-refractivity contribution in [2.24, 2.45) is 0 Å². The van der Waals surface area contributed by atoms with E-state index in [1.807, 2.05) is 6.26 Å². The zero-order chi connectivity index (χ0) is 21.6. The average Bonchev–Trinajstić information content (AvgIpc) is 3.13. The highest BCUT2D eigenvalue weighted by atomic mass is 32.2. The van der Waals surface area contributed by atoms with Crippen molar-refractivity contribution < 1.29 is 18.7 Å². The molecule has 158 valence electrons. The Kier molecular flexibility index (Phi) is 8.28. The smallest absolute Gasteiger partial charge is 0.328 e. The molecule has 2 rings (SSSR count). The summed E-state index contributed by atoms with van der Waals surface area (Å²) >= 11 is 3.09. The molecule has 0 spiro atoms. The van der Waals surface area contributed by atoms with Crippen molar-refractivity contribution in [1.82, 2.24) is 5.32 Å². The number of hydrogen-bond acceptors (Lipinski definition) is 6. The largest absolute Gasteiger partial charge is 0.467 e. The van der Waals surface area contributed by atoms with E-state index >= 15 is 0 Å². The number of methoxy groups -OCH3 is 1. The van der Waals surface area contributed by atoms with Crippen LogP contribution < -0.4 is 5.32 Å². The lowest BCUT2D eigenvalue weighted by atomic mass is 9.87. The van der Waals surface area contributed by atoms with Crippen LogP contribution in [0.15, 0.2) is 44.7 Å². The van der Waals surface area contributed by atoms with Gasteiger partial charge in [-0.2, -0.15) is 11.8 Å². The van der Waals surface area contributed by atoms with E-state index < -0.39 is 17.9 Å². The zero-order valence-corrected chi connectivity index (χ0v) is 19.5. The highest BCUT2D eigenvalue weighted by molar-refractivity contribution is 7.99. The van der Waals surface area contributed by atoms with Gasteiger partial charge in [-0.05, 0) is 60.1 Å². The van der Waals surface area contributed by atoms with Crippen LogP contribution in [0.1, 0.15) is 48.9 Å². The van der Waals surface area contributed by atoms with E-state index in [0.717, 1.165) is 16.2 Å². The van der Waals surface area contributed by atoms with Gasteiger partial charge in [0.05, 0.1) is 7.11 Å². The first-order chi connectivity index (χ1) is 13.7. The van der Waals surface area contributed by atoms with E-state index in [0.29, 0.717) is 11.5 Å². The molecule has 1 aromatic heterocycles. The molecule has 1 aromatic carbocycles. The van der Waals surface area contributed by atoms with Crippen molar-refractivity contribution >= 4 is 35.4 Å². The number of rotatable bonds is 8. The van der Waals surface area contributed by atoms with Gasteiger partial charge in [0.1, 0.15) is 6.04 Å². The Balaban J connectivity index is 2.12. The average molecular weight is 436 g/mol. The number of aryl methyl sites for hydroxylation is 1. The second kappa shape index (κ2) is 10.3. The number of carbonyl (C=O) groups excluding carboxylic acids is 2. The maximum Gasteiger partial charge on any atom is 0.328 e. The van der Waals surface area contributed by atoms with E-state index in [1.54, 1.807) is 23.9 Å². The summed E-state index contributed by atoms with van der Waals surface area (Å²) in [7, 11) is 1.32. The Morgan fingerprint density at radius 3 is 2.55 bits per heavy atom. The van der Waals surface area contributed by atoms with Crippen molar-refractivity contribution in [3.05, 3.63) is 47.2 Å². The van der Waals surface area contributed by atoms with Gasteiger partial charge in [0.25, 0.3) is 5.91 Å². The quantitative estimate of drug-likeness (QED) is 0.585. The second-order valence-corrected chi connectivity index (χ2v) is 9.81. The number of thioether (sulfide) groups is 1. The van der Waals surface area contributed by atoms with Crippen LogP contribution >= 0.6 is 23.5 Å². The SMILES string of the molecule is COC(=O)C(CCSC)NC(=O)c1ccc(Sc2cc(C(C)(C)C)ccc2C)o1. The maximum absolute atomic E-state index is 12.5. The van der Waals surface area contributed by atoms with Crippen LogP contribution in [0.5, 0.6) is 0 Å². The number of ether oxygens (including phenoxy) is 1. The molecule has 0 saturated heterocycles. The van der Waals surface area contributed by atoms with Crippen LogP contribution in [-0.4, -0.2) is 37.0 Å². The van der Waals surface area contributed by atoms with E-state index in [2.05, 4.69) is 51.2 Å². The summed E-state index contributed by atoms with van der Waals surface area (Å²) in [5.74, 6) is 0.0368. The summed E-state index contributed by atoms with van der Waals surface area (Å²) < 4.78 is 10.5. The molecule has 7 heteroatoms. The summed E-state index contributed by atoms with van der Waals surface area (Å²) in [6.45, 7) is 8.58. The number of esters is 1. The van der Waals surface area contributed by atoms with Crippen LogP contribution in [0.4, 0.5) is 0 Å². The summed E-state index contributed by atoms with van der Waals surface area (Å²) in [6, 6.07) is 9.12. The van der Waals surface area contributed by atoms with E-state index in [4.69, 9.17) is 9.15 Å². The van der Waals surface area contributed by atoms with Gasteiger partial charge in [0, 0.05) is 4.90 Å². The van der Waals surface area contributed by atoms with E-state index in [1.165, 1.54) is 24.4 Å². The highest BCUT2D eigenvalue weighted by Gasteiger charge is 2.23. The molecule has 1 amide bonds. The first-order valence-electron chi connectivity index (χ1n) is 9.42. The molecule has 1 atom stereocenters. The Bertz CT molecular complexity index is 855. The molecule has 0 fully saturated rings. The predicted molar refractivity (Wildman–Crippen MR) is 119 cm³/mol. The first kappa shape index (κ1) is 23.4. The number of amides is 1. The minimum Gasteiger partial charge on any atom is -0.467 e. The predicted octanol–water partition coefficient (Wildman–Crippen LogP) is 5.06. The van der Waals surface area contributed by atoms with Crippen molar-refractivity contribution in [1.29, 1.82) is 0 Å². The van der Waals surface area contributed by atoms with Crippen molar-refractivity contribution in [2.45, 2.75) is 55.6 Å². The zero-order valence-electron chi connectivity index (χ0n) is 17.8. The topological polar surface area (TPSA) is 68.5 Å². The Labute approximate surface area is 181 Å². The Morgan fingerprint density at radius 1 is 1.21 bits per heavy atom. The molecular formula is C22H29NO4S2. The molecule has 2 aromatic rings. The van der Waals surface area contributed by atoms with Gasteiger partial charge in [0.15, 0.2) is 10.9 Å². The standard InChI is InChI=1S/C22H29NO4S2/c1-14-7-8-15(22(2,3)4)13-18(14)29-19-10-9-17(27-19)20(24)23-16(11-12-28-6)21(25)26-5/h7-10,13,16H,11-12H2,1-6H3,(H,23,24). The van der Waals surface area contributed by atoms with Gasteiger partial charge in [-0.25, -0.2) is 4.79 Å². The number of nitrogens with one attached hydrogen (secondary N) is 1. The summed E-state index contributed by atoms with van der Waals surface area (Å²) in [5, 5.41) is 3.33. The fourth-order valence-corrected chi connectivity index (χ4v) is 4.01. The molecule has 0 bridgehead atoms.